The molecule has 4 rings (SSSR count). The fourth-order valence-corrected chi connectivity index (χ4v) is 4.95. The van der Waals surface area contributed by atoms with E-state index in [-0.39, 0.29) is 5.91 Å². The lowest BCUT2D eigenvalue weighted by molar-refractivity contribution is -0.118. The maximum absolute atomic E-state index is 11.6. The fraction of sp³-hybridized carbons (Fsp3) is 0.310. The number of benzene rings is 2. The summed E-state index contributed by atoms with van der Waals surface area (Å²) in [6.45, 7) is 9.36. The van der Waals surface area contributed by atoms with Crippen LogP contribution in [0.1, 0.15) is 40.8 Å². The summed E-state index contributed by atoms with van der Waals surface area (Å²) in [6.07, 6.45) is 5.75. The molecule has 0 radical (unpaired) electrons. The van der Waals surface area contributed by atoms with Crippen LogP contribution in [0.3, 0.4) is 0 Å². The van der Waals surface area contributed by atoms with Gasteiger partial charge in [0.05, 0.1) is 12.1 Å². The summed E-state index contributed by atoms with van der Waals surface area (Å²) in [4.78, 5) is 15.9. The van der Waals surface area contributed by atoms with Crippen LogP contribution >= 0.6 is 11.6 Å². The van der Waals surface area contributed by atoms with Gasteiger partial charge in [0.25, 0.3) is 0 Å². The lowest BCUT2D eigenvalue weighted by Crippen LogP contribution is -2.14. The first-order valence-electron chi connectivity index (χ1n) is 12.0. The van der Waals surface area contributed by atoms with Gasteiger partial charge in [-0.25, -0.2) is 0 Å². The topological polar surface area (TPSA) is 70.1 Å². The number of nitrogens with two attached hydrogens (primary N) is 1. The van der Waals surface area contributed by atoms with Gasteiger partial charge in [0.15, 0.2) is 0 Å². The zero-order valence-electron chi connectivity index (χ0n) is 20.8. The van der Waals surface area contributed by atoms with Crippen molar-refractivity contribution >= 4 is 28.4 Å². The second-order valence-corrected chi connectivity index (χ2v) is 9.53. The van der Waals surface area contributed by atoms with E-state index in [4.69, 9.17) is 22.1 Å². The molecule has 0 fully saturated rings. The average Bonchev–Trinajstić information content (AvgIpc) is 3.10. The number of para-hydroxylation sites is 1. The number of hydrogen-bond donors (Lipinski definition) is 1. The first-order chi connectivity index (χ1) is 16.8. The number of pyridine rings is 1. The minimum atomic E-state index is -0.299. The van der Waals surface area contributed by atoms with E-state index in [0.29, 0.717) is 19.6 Å². The Labute approximate surface area is 211 Å². The summed E-state index contributed by atoms with van der Waals surface area (Å²) < 4.78 is 8.30. The lowest BCUT2D eigenvalue weighted by Gasteiger charge is -2.12. The zero-order valence-corrected chi connectivity index (χ0v) is 21.6. The number of aromatic nitrogens is 2. The Hall–Kier alpha value is -3.31. The number of amides is 1. The summed E-state index contributed by atoms with van der Waals surface area (Å²) in [6, 6.07) is 12.4. The third-order valence-electron chi connectivity index (χ3n) is 6.61. The van der Waals surface area contributed by atoms with Crippen LogP contribution in [0.25, 0.3) is 22.0 Å². The quantitative estimate of drug-likeness (QED) is 0.273. The highest BCUT2D eigenvalue weighted by atomic mass is 35.5. The first-order valence-corrected chi connectivity index (χ1v) is 12.3. The molecule has 5 nitrogen and oxygen atoms in total. The Morgan fingerprint density at radius 3 is 2.49 bits per heavy atom. The molecule has 0 bridgehead atoms. The van der Waals surface area contributed by atoms with Gasteiger partial charge in [-0.15, -0.1) is 0 Å². The summed E-state index contributed by atoms with van der Waals surface area (Å²) in [5.74, 6) is 0.549. The summed E-state index contributed by atoms with van der Waals surface area (Å²) in [5.41, 5.74) is 14.5. The first kappa shape index (κ1) is 24.8. The van der Waals surface area contributed by atoms with Crippen molar-refractivity contribution in [3.8, 4) is 16.9 Å². The zero-order chi connectivity index (χ0) is 25.1. The molecule has 1 amide bonds. The molecule has 2 aromatic carbocycles. The predicted molar refractivity (Wildman–Crippen MR) is 143 cm³/mol. The van der Waals surface area contributed by atoms with Crippen LogP contribution in [0.5, 0.6) is 5.75 Å². The number of aryl methyl sites for hydroxylation is 5. The fourth-order valence-electron chi connectivity index (χ4n) is 4.84. The van der Waals surface area contributed by atoms with Gasteiger partial charge in [-0.05, 0) is 86.6 Å². The van der Waals surface area contributed by atoms with Gasteiger partial charge < -0.3 is 15.0 Å². The molecule has 0 saturated heterocycles. The van der Waals surface area contributed by atoms with E-state index in [1.54, 1.807) is 0 Å². The van der Waals surface area contributed by atoms with E-state index in [1.807, 2.05) is 38.4 Å². The molecule has 0 spiro atoms. The summed E-state index contributed by atoms with van der Waals surface area (Å²) >= 11 is 6.29. The van der Waals surface area contributed by atoms with Crippen molar-refractivity contribution in [2.24, 2.45) is 5.73 Å². The molecule has 4 aromatic rings. The highest BCUT2D eigenvalue weighted by Gasteiger charge is 2.18. The molecule has 0 atom stereocenters. The molecule has 182 valence electrons. The molecule has 6 heteroatoms. The number of fused-ring (bicyclic) bond motifs is 1. The molecule has 0 unspecified atom stereocenters. The minimum Gasteiger partial charge on any atom is -0.494 e. The molecule has 2 heterocycles. The van der Waals surface area contributed by atoms with Crippen LogP contribution in [0.4, 0.5) is 0 Å². The van der Waals surface area contributed by atoms with Crippen molar-refractivity contribution in [2.75, 3.05) is 6.61 Å². The number of nitrogens with zero attached hydrogens (tertiary/aromatic N) is 2. The van der Waals surface area contributed by atoms with Gasteiger partial charge in [-0.2, -0.15) is 0 Å². The maximum atomic E-state index is 11.6. The van der Waals surface area contributed by atoms with Crippen LogP contribution in [0, 0.1) is 27.7 Å². The monoisotopic (exact) mass is 489 g/mol. The number of halogens is 1. The van der Waals surface area contributed by atoms with Crippen molar-refractivity contribution in [1.82, 2.24) is 9.55 Å². The van der Waals surface area contributed by atoms with Gasteiger partial charge >= 0.3 is 0 Å². The second-order valence-electron chi connectivity index (χ2n) is 9.15. The Morgan fingerprint density at radius 2 is 1.80 bits per heavy atom. The molecule has 35 heavy (non-hydrogen) atoms. The van der Waals surface area contributed by atoms with Crippen LogP contribution in [-0.2, 0) is 17.8 Å². The van der Waals surface area contributed by atoms with E-state index in [9.17, 15) is 4.79 Å². The standard InChI is InChI=1S/C29H32ClN3O2/c1-18-15-22(16-19(2)28(18)30)35-14-6-9-24-21(4)33(13-11-27(31)34)29-25(7-5-8-26(24)29)23-10-12-32-17-20(23)3/h5,7-8,10,12,15-17H,6,9,11,13-14H2,1-4H3,(H2,31,34). The van der Waals surface area contributed by atoms with Crippen molar-refractivity contribution in [2.45, 2.75) is 53.5 Å². The van der Waals surface area contributed by atoms with E-state index in [1.165, 1.54) is 16.6 Å². The van der Waals surface area contributed by atoms with E-state index >= 15 is 0 Å². The highest BCUT2D eigenvalue weighted by Crippen LogP contribution is 2.36. The van der Waals surface area contributed by atoms with Crippen molar-refractivity contribution in [1.29, 1.82) is 0 Å². The molecule has 0 aliphatic heterocycles. The molecule has 0 aliphatic rings. The minimum absolute atomic E-state index is 0.298. The SMILES string of the molecule is Cc1cnccc1-c1cccc2c(CCCOc3cc(C)c(Cl)c(C)c3)c(C)n(CCC(N)=O)c12. The van der Waals surface area contributed by atoms with Gasteiger partial charge in [0.2, 0.25) is 5.91 Å². The average molecular weight is 490 g/mol. The number of carbonyl (C=O) groups is 1. The Bertz CT molecular complexity index is 1370. The summed E-state index contributed by atoms with van der Waals surface area (Å²) in [7, 11) is 0. The number of hydrogen-bond acceptors (Lipinski definition) is 3. The lowest BCUT2D eigenvalue weighted by atomic mass is 9.98. The molecule has 2 N–H and O–H groups in total. The molecular weight excluding hydrogens is 458 g/mol. The van der Waals surface area contributed by atoms with Crippen molar-refractivity contribution in [3.63, 3.8) is 0 Å². The number of rotatable bonds is 9. The van der Waals surface area contributed by atoms with Crippen LogP contribution in [0.2, 0.25) is 5.02 Å². The predicted octanol–water partition coefficient (Wildman–Crippen LogP) is 6.48. The van der Waals surface area contributed by atoms with Gasteiger partial charge in [0.1, 0.15) is 5.75 Å². The van der Waals surface area contributed by atoms with Gasteiger partial charge in [0, 0.05) is 47.0 Å². The van der Waals surface area contributed by atoms with Crippen LogP contribution in [-0.4, -0.2) is 22.1 Å². The van der Waals surface area contributed by atoms with Crippen molar-refractivity contribution in [3.05, 3.63) is 81.8 Å². The summed E-state index contributed by atoms with van der Waals surface area (Å²) in [5, 5.41) is 2.00. The van der Waals surface area contributed by atoms with E-state index in [0.717, 1.165) is 56.9 Å². The number of primary amides is 1. The van der Waals surface area contributed by atoms with Crippen molar-refractivity contribution < 1.29 is 9.53 Å². The molecular formula is C29H32ClN3O2. The number of ether oxygens (including phenoxy) is 1. The van der Waals surface area contributed by atoms with Crippen LogP contribution in [0.15, 0.2) is 48.8 Å². The Kier molecular flexibility index (Phi) is 7.46. The van der Waals surface area contributed by atoms with Gasteiger partial charge in [-0.1, -0.05) is 29.8 Å². The van der Waals surface area contributed by atoms with E-state index in [2.05, 4.69) is 47.7 Å². The molecule has 0 saturated carbocycles. The second kappa shape index (κ2) is 10.5. The molecule has 0 aliphatic carbocycles. The third-order valence-corrected chi connectivity index (χ3v) is 7.21. The Morgan fingerprint density at radius 1 is 1.06 bits per heavy atom. The maximum Gasteiger partial charge on any atom is 0.219 e. The number of carbonyl (C=O) groups excluding carboxylic acids is 1. The normalized spacial score (nSPS) is 11.2. The largest absolute Gasteiger partial charge is 0.494 e. The van der Waals surface area contributed by atoms with Gasteiger partial charge in [-0.3, -0.25) is 9.78 Å². The van der Waals surface area contributed by atoms with Crippen LogP contribution < -0.4 is 10.5 Å². The Balaban J connectivity index is 1.65. The highest BCUT2D eigenvalue weighted by molar-refractivity contribution is 6.32. The molecule has 2 aromatic heterocycles. The smallest absolute Gasteiger partial charge is 0.219 e. The van der Waals surface area contributed by atoms with E-state index < -0.39 is 0 Å². The third kappa shape index (κ3) is 5.20.